The zero-order chi connectivity index (χ0) is 18.1. The third-order valence-corrected chi connectivity index (χ3v) is 5.09. The second-order valence-corrected chi connectivity index (χ2v) is 8.30. The summed E-state index contributed by atoms with van der Waals surface area (Å²) in [6.45, 7) is 8.34. The van der Waals surface area contributed by atoms with Gasteiger partial charge in [0, 0.05) is 25.2 Å². The summed E-state index contributed by atoms with van der Waals surface area (Å²) in [6.07, 6.45) is 2.27. The van der Waals surface area contributed by atoms with Crippen molar-refractivity contribution < 1.29 is 4.79 Å². The molecule has 1 heterocycles. The molecule has 2 aromatic carbocycles. The van der Waals surface area contributed by atoms with Crippen molar-refractivity contribution in [2.24, 2.45) is 5.73 Å². The van der Waals surface area contributed by atoms with Gasteiger partial charge in [0.2, 0.25) is 0 Å². The van der Waals surface area contributed by atoms with Crippen molar-refractivity contribution in [2.75, 3.05) is 18.0 Å². The molecule has 0 saturated carbocycles. The molecule has 0 amide bonds. The van der Waals surface area contributed by atoms with Gasteiger partial charge in [-0.25, -0.2) is 0 Å². The van der Waals surface area contributed by atoms with Crippen molar-refractivity contribution in [1.82, 2.24) is 0 Å². The number of benzene rings is 2. The average Bonchev–Trinajstić information content (AvgIpc) is 2.57. The molecule has 25 heavy (non-hydrogen) atoms. The Morgan fingerprint density at radius 2 is 1.52 bits per heavy atom. The highest BCUT2D eigenvalue weighted by atomic mass is 16.1. The van der Waals surface area contributed by atoms with Crippen molar-refractivity contribution in [3.63, 3.8) is 0 Å². The summed E-state index contributed by atoms with van der Waals surface area (Å²) < 4.78 is 0. The molecule has 1 aliphatic heterocycles. The van der Waals surface area contributed by atoms with E-state index >= 15 is 0 Å². The van der Waals surface area contributed by atoms with Gasteiger partial charge < -0.3 is 15.4 Å². The van der Waals surface area contributed by atoms with Crippen LogP contribution in [0.1, 0.15) is 39.2 Å². The molecule has 1 saturated heterocycles. The summed E-state index contributed by atoms with van der Waals surface area (Å²) in [4.78, 5) is 12.8. The van der Waals surface area contributed by atoms with Gasteiger partial charge in [0.25, 0.3) is 0 Å². The molecule has 1 fully saturated rings. The molecule has 1 aliphatic rings. The van der Waals surface area contributed by atoms with E-state index in [0.29, 0.717) is 6.42 Å². The predicted octanol–water partition coefficient (Wildman–Crippen LogP) is 4.15. The SMILES string of the molecule is CC(C)(C)c1ccc(-c2ccc(N3CC(N)(CCC=O)C3)cc2)cc1. The molecular weight excluding hydrogens is 308 g/mol. The summed E-state index contributed by atoms with van der Waals surface area (Å²) in [5, 5.41) is 0. The van der Waals surface area contributed by atoms with E-state index in [2.05, 4.69) is 74.2 Å². The van der Waals surface area contributed by atoms with Gasteiger partial charge in [-0.2, -0.15) is 0 Å². The second-order valence-electron chi connectivity index (χ2n) is 8.30. The maximum absolute atomic E-state index is 10.5. The lowest BCUT2D eigenvalue weighted by atomic mass is 9.85. The van der Waals surface area contributed by atoms with Crippen molar-refractivity contribution in [3.05, 3.63) is 54.1 Å². The monoisotopic (exact) mass is 336 g/mol. The largest absolute Gasteiger partial charge is 0.368 e. The number of anilines is 1. The van der Waals surface area contributed by atoms with Crippen LogP contribution in [0.3, 0.4) is 0 Å². The van der Waals surface area contributed by atoms with Crippen LogP contribution < -0.4 is 10.6 Å². The Hall–Kier alpha value is -2.13. The first-order valence-electron chi connectivity index (χ1n) is 8.99. The summed E-state index contributed by atoms with van der Waals surface area (Å²) in [7, 11) is 0. The molecule has 132 valence electrons. The molecule has 0 radical (unpaired) electrons. The molecule has 0 aliphatic carbocycles. The fourth-order valence-corrected chi connectivity index (χ4v) is 3.43. The van der Waals surface area contributed by atoms with Crippen molar-refractivity contribution in [3.8, 4) is 11.1 Å². The maximum atomic E-state index is 10.5. The van der Waals surface area contributed by atoms with Crippen LogP contribution in [0.4, 0.5) is 5.69 Å². The molecule has 3 nitrogen and oxygen atoms in total. The fraction of sp³-hybridized carbons (Fsp3) is 0.409. The summed E-state index contributed by atoms with van der Waals surface area (Å²) >= 11 is 0. The van der Waals surface area contributed by atoms with E-state index in [1.165, 1.54) is 22.4 Å². The van der Waals surface area contributed by atoms with Gasteiger partial charge in [-0.1, -0.05) is 57.2 Å². The van der Waals surface area contributed by atoms with Crippen LogP contribution >= 0.6 is 0 Å². The zero-order valence-corrected chi connectivity index (χ0v) is 15.5. The zero-order valence-electron chi connectivity index (χ0n) is 15.5. The highest BCUT2D eigenvalue weighted by molar-refractivity contribution is 5.67. The van der Waals surface area contributed by atoms with Gasteiger partial charge in [0.15, 0.2) is 0 Å². The number of nitrogens with two attached hydrogens (primary N) is 1. The third kappa shape index (κ3) is 3.93. The first kappa shape index (κ1) is 17.7. The Kier molecular flexibility index (Phi) is 4.70. The Labute approximate surface area is 150 Å². The Morgan fingerprint density at radius 1 is 1.00 bits per heavy atom. The number of carbonyl (C=O) groups excluding carboxylic acids is 1. The van der Waals surface area contributed by atoms with Gasteiger partial charge in [-0.05, 0) is 40.7 Å². The molecule has 2 aromatic rings. The van der Waals surface area contributed by atoms with Crippen LogP contribution in [-0.4, -0.2) is 24.9 Å². The molecule has 2 N–H and O–H groups in total. The Bertz CT molecular complexity index is 720. The molecule has 3 rings (SSSR count). The summed E-state index contributed by atoms with van der Waals surface area (Å²) in [5.41, 5.74) is 11.3. The minimum Gasteiger partial charge on any atom is -0.368 e. The minimum absolute atomic E-state index is 0.179. The van der Waals surface area contributed by atoms with Crippen LogP contribution in [0, 0.1) is 0 Å². The van der Waals surface area contributed by atoms with E-state index in [9.17, 15) is 4.79 Å². The van der Waals surface area contributed by atoms with E-state index in [1.807, 2.05) is 0 Å². The molecule has 0 aromatic heterocycles. The van der Waals surface area contributed by atoms with Crippen LogP contribution in [0.25, 0.3) is 11.1 Å². The number of rotatable bonds is 5. The molecule has 0 unspecified atom stereocenters. The highest BCUT2D eigenvalue weighted by Crippen LogP contribution is 2.31. The number of hydrogen-bond donors (Lipinski definition) is 1. The van der Waals surface area contributed by atoms with Crippen LogP contribution in [-0.2, 0) is 10.2 Å². The first-order valence-corrected chi connectivity index (χ1v) is 8.99. The van der Waals surface area contributed by atoms with Crippen LogP contribution in [0.5, 0.6) is 0 Å². The van der Waals surface area contributed by atoms with Crippen LogP contribution in [0.2, 0.25) is 0 Å². The number of aldehydes is 1. The molecule has 0 bridgehead atoms. The van der Waals surface area contributed by atoms with Gasteiger partial charge in [-0.15, -0.1) is 0 Å². The smallest absolute Gasteiger partial charge is 0.120 e. The fourth-order valence-electron chi connectivity index (χ4n) is 3.43. The van der Waals surface area contributed by atoms with E-state index in [0.717, 1.165) is 25.8 Å². The van der Waals surface area contributed by atoms with Crippen molar-refractivity contribution in [2.45, 2.75) is 44.6 Å². The lowest BCUT2D eigenvalue weighted by Crippen LogP contribution is -2.67. The number of carbonyl (C=O) groups is 1. The molecule has 0 spiro atoms. The van der Waals surface area contributed by atoms with E-state index in [4.69, 9.17) is 5.73 Å². The lowest BCUT2D eigenvalue weighted by Gasteiger charge is -2.49. The van der Waals surface area contributed by atoms with Crippen LogP contribution in [0.15, 0.2) is 48.5 Å². The average molecular weight is 336 g/mol. The molecule has 0 atom stereocenters. The van der Waals surface area contributed by atoms with Gasteiger partial charge in [-0.3, -0.25) is 0 Å². The number of hydrogen-bond acceptors (Lipinski definition) is 3. The van der Waals surface area contributed by atoms with E-state index in [-0.39, 0.29) is 11.0 Å². The van der Waals surface area contributed by atoms with Gasteiger partial charge in [0.1, 0.15) is 6.29 Å². The predicted molar refractivity (Wildman–Crippen MR) is 105 cm³/mol. The van der Waals surface area contributed by atoms with E-state index < -0.39 is 0 Å². The first-order chi connectivity index (χ1) is 11.8. The quantitative estimate of drug-likeness (QED) is 0.835. The van der Waals surface area contributed by atoms with E-state index in [1.54, 1.807) is 0 Å². The third-order valence-electron chi connectivity index (χ3n) is 5.09. The van der Waals surface area contributed by atoms with Gasteiger partial charge >= 0.3 is 0 Å². The summed E-state index contributed by atoms with van der Waals surface area (Å²) in [5.74, 6) is 0. The molecular formula is C22H28N2O. The Morgan fingerprint density at radius 3 is 2.00 bits per heavy atom. The normalized spacial score (nSPS) is 16.4. The standard InChI is InChI=1S/C22H28N2O/c1-21(2,3)19-9-5-17(6-10-19)18-7-11-20(12-8-18)24-15-22(23,16-24)13-4-14-25/h5-12,14H,4,13,15-16,23H2,1-3H3. The lowest BCUT2D eigenvalue weighted by molar-refractivity contribution is -0.108. The molecule has 3 heteroatoms. The van der Waals surface area contributed by atoms with Crippen molar-refractivity contribution in [1.29, 1.82) is 0 Å². The second kappa shape index (κ2) is 6.64. The topological polar surface area (TPSA) is 46.3 Å². The summed E-state index contributed by atoms with van der Waals surface area (Å²) in [6, 6.07) is 17.5. The number of nitrogens with zero attached hydrogens (tertiary/aromatic N) is 1. The highest BCUT2D eigenvalue weighted by Gasteiger charge is 2.38. The maximum Gasteiger partial charge on any atom is 0.120 e. The minimum atomic E-state index is -0.206. The Balaban J connectivity index is 1.66. The van der Waals surface area contributed by atoms with Gasteiger partial charge in [0.05, 0.1) is 5.54 Å². The van der Waals surface area contributed by atoms with Crippen molar-refractivity contribution >= 4 is 12.0 Å².